The van der Waals surface area contributed by atoms with Crippen LogP contribution in [0.2, 0.25) is 0 Å². The van der Waals surface area contributed by atoms with Crippen molar-refractivity contribution in [1.82, 2.24) is 20.4 Å². The first kappa shape index (κ1) is 11.8. The predicted octanol–water partition coefficient (Wildman–Crippen LogP) is 1.59. The lowest BCUT2D eigenvalue weighted by molar-refractivity contribution is 0.151. The lowest BCUT2D eigenvalue weighted by Crippen LogP contribution is -2.49. The highest BCUT2D eigenvalue weighted by molar-refractivity contribution is 7.13. The van der Waals surface area contributed by atoms with E-state index >= 15 is 0 Å². The third kappa shape index (κ3) is 2.45. The SMILES string of the molecule is CC1CNCCN1Cc1nnc(-c2cccs2)o1. The van der Waals surface area contributed by atoms with Crippen LogP contribution in [0.3, 0.4) is 0 Å². The number of piperazine rings is 1. The van der Waals surface area contributed by atoms with Gasteiger partial charge in [-0.1, -0.05) is 6.07 Å². The minimum absolute atomic E-state index is 0.510. The smallest absolute Gasteiger partial charge is 0.257 e. The average Bonchev–Trinajstić information content (AvgIpc) is 3.02. The summed E-state index contributed by atoms with van der Waals surface area (Å²) in [5.41, 5.74) is 0. The fraction of sp³-hybridized carbons (Fsp3) is 0.500. The Morgan fingerprint density at radius 1 is 1.56 bits per heavy atom. The summed E-state index contributed by atoms with van der Waals surface area (Å²) in [5.74, 6) is 1.33. The Morgan fingerprint density at radius 3 is 3.28 bits per heavy atom. The molecule has 0 aromatic carbocycles. The Balaban J connectivity index is 1.70. The van der Waals surface area contributed by atoms with Crippen LogP contribution in [0.5, 0.6) is 0 Å². The monoisotopic (exact) mass is 264 g/mol. The van der Waals surface area contributed by atoms with E-state index in [2.05, 4.69) is 27.3 Å². The standard InChI is InChI=1S/C12H16N4OS/c1-9-7-13-4-5-16(9)8-11-14-15-12(17-11)10-3-2-6-18-10/h2-3,6,9,13H,4-5,7-8H2,1H3. The van der Waals surface area contributed by atoms with Crippen LogP contribution in [0, 0.1) is 0 Å². The van der Waals surface area contributed by atoms with Crippen LogP contribution in [0.25, 0.3) is 10.8 Å². The summed E-state index contributed by atoms with van der Waals surface area (Å²) in [6, 6.07) is 4.49. The number of nitrogens with zero attached hydrogens (tertiary/aromatic N) is 3. The van der Waals surface area contributed by atoms with Gasteiger partial charge in [0.1, 0.15) is 0 Å². The van der Waals surface area contributed by atoms with Crippen molar-refractivity contribution in [2.24, 2.45) is 0 Å². The highest BCUT2D eigenvalue weighted by atomic mass is 32.1. The van der Waals surface area contributed by atoms with Crippen LogP contribution < -0.4 is 5.32 Å². The third-order valence-corrected chi connectivity index (χ3v) is 4.03. The van der Waals surface area contributed by atoms with Gasteiger partial charge in [-0.25, -0.2) is 0 Å². The first-order chi connectivity index (χ1) is 8.83. The fourth-order valence-electron chi connectivity index (χ4n) is 2.11. The summed E-state index contributed by atoms with van der Waals surface area (Å²) in [7, 11) is 0. The molecule has 1 atom stereocenters. The number of nitrogens with one attached hydrogen (secondary N) is 1. The zero-order chi connectivity index (χ0) is 12.4. The number of thiophene rings is 1. The van der Waals surface area contributed by atoms with Gasteiger partial charge < -0.3 is 9.73 Å². The Labute approximate surface area is 110 Å². The summed E-state index contributed by atoms with van der Waals surface area (Å²) in [4.78, 5) is 3.39. The van der Waals surface area contributed by atoms with Gasteiger partial charge in [0.15, 0.2) is 0 Å². The zero-order valence-electron chi connectivity index (χ0n) is 10.3. The molecule has 0 saturated carbocycles. The molecule has 3 heterocycles. The van der Waals surface area contributed by atoms with E-state index in [4.69, 9.17) is 4.42 Å². The highest BCUT2D eigenvalue weighted by Gasteiger charge is 2.20. The third-order valence-electron chi connectivity index (χ3n) is 3.18. The van der Waals surface area contributed by atoms with Crippen molar-refractivity contribution in [3.63, 3.8) is 0 Å². The molecule has 6 heteroatoms. The Bertz CT molecular complexity index is 496. The van der Waals surface area contributed by atoms with Gasteiger partial charge in [0, 0.05) is 25.7 Å². The van der Waals surface area contributed by atoms with E-state index in [0.29, 0.717) is 17.8 Å². The molecule has 1 fully saturated rings. The van der Waals surface area contributed by atoms with Gasteiger partial charge in [-0.2, -0.15) is 0 Å². The van der Waals surface area contributed by atoms with Gasteiger partial charge in [0.2, 0.25) is 5.89 Å². The second-order valence-electron chi connectivity index (χ2n) is 4.50. The normalized spacial score (nSPS) is 21.3. The minimum Gasteiger partial charge on any atom is -0.419 e. The summed E-state index contributed by atoms with van der Waals surface area (Å²) >= 11 is 1.62. The van der Waals surface area contributed by atoms with Gasteiger partial charge >= 0.3 is 0 Å². The summed E-state index contributed by atoms with van der Waals surface area (Å²) < 4.78 is 5.71. The summed E-state index contributed by atoms with van der Waals surface area (Å²) in [6.07, 6.45) is 0. The van der Waals surface area contributed by atoms with Crippen molar-refractivity contribution in [2.45, 2.75) is 19.5 Å². The van der Waals surface area contributed by atoms with E-state index in [9.17, 15) is 0 Å². The van der Waals surface area contributed by atoms with Gasteiger partial charge in [-0.3, -0.25) is 4.90 Å². The molecule has 0 radical (unpaired) electrons. The summed E-state index contributed by atoms with van der Waals surface area (Å²) in [6.45, 7) is 6.02. The molecule has 1 aliphatic rings. The molecule has 18 heavy (non-hydrogen) atoms. The van der Waals surface area contributed by atoms with E-state index < -0.39 is 0 Å². The first-order valence-corrected chi connectivity index (χ1v) is 7.02. The van der Waals surface area contributed by atoms with Crippen molar-refractivity contribution >= 4 is 11.3 Å². The lowest BCUT2D eigenvalue weighted by Gasteiger charge is -2.32. The summed E-state index contributed by atoms with van der Waals surface area (Å²) in [5, 5.41) is 13.6. The van der Waals surface area contributed by atoms with E-state index in [1.807, 2.05) is 17.5 Å². The molecule has 1 unspecified atom stereocenters. The molecule has 0 bridgehead atoms. The quantitative estimate of drug-likeness (QED) is 0.912. The maximum Gasteiger partial charge on any atom is 0.257 e. The Kier molecular flexibility index (Phi) is 3.40. The Morgan fingerprint density at radius 2 is 2.50 bits per heavy atom. The molecule has 3 rings (SSSR count). The number of rotatable bonds is 3. The molecule has 96 valence electrons. The van der Waals surface area contributed by atoms with Gasteiger partial charge in [0.05, 0.1) is 11.4 Å². The molecule has 1 N–H and O–H groups in total. The lowest BCUT2D eigenvalue weighted by atomic mass is 10.2. The number of aromatic nitrogens is 2. The molecular weight excluding hydrogens is 248 g/mol. The van der Waals surface area contributed by atoms with Crippen LogP contribution in [-0.4, -0.2) is 40.8 Å². The maximum atomic E-state index is 5.71. The molecule has 2 aromatic heterocycles. The second kappa shape index (κ2) is 5.17. The number of hydrogen-bond donors (Lipinski definition) is 1. The van der Waals surface area contributed by atoms with Crippen LogP contribution >= 0.6 is 11.3 Å². The Hall–Kier alpha value is -1.24. The van der Waals surface area contributed by atoms with E-state index in [1.54, 1.807) is 11.3 Å². The van der Waals surface area contributed by atoms with E-state index in [1.165, 1.54) is 0 Å². The van der Waals surface area contributed by atoms with Gasteiger partial charge in [0.25, 0.3) is 5.89 Å². The average molecular weight is 264 g/mol. The van der Waals surface area contributed by atoms with Crippen molar-refractivity contribution < 1.29 is 4.42 Å². The van der Waals surface area contributed by atoms with Crippen molar-refractivity contribution in [1.29, 1.82) is 0 Å². The molecular formula is C12H16N4OS. The van der Waals surface area contributed by atoms with Crippen molar-refractivity contribution in [3.05, 3.63) is 23.4 Å². The van der Waals surface area contributed by atoms with Crippen LogP contribution in [0.15, 0.2) is 21.9 Å². The second-order valence-corrected chi connectivity index (χ2v) is 5.45. The first-order valence-electron chi connectivity index (χ1n) is 6.14. The fourth-order valence-corrected chi connectivity index (χ4v) is 2.75. The van der Waals surface area contributed by atoms with Crippen LogP contribution in [0.4, 0.5) is 0 Å². The molecule has 5 nitrogen and oxygen atoms in total. The predicted molar refractivity (Wildman–Crippen MR) is 70.4 cm³/mol. The van der Waals surface area contributed by atoms with Crippen molar-refractivity contribution in [2.75, 3.05) is 19.6 Å². The molecule has 0 spiro atoms. The van der Waals surface area contributed by atoms with E-state index in [-0.39, 0.29) is 0 Å². The maximum absolute atomic E-state index is 5.71. The van der Waals surface area contributed by atoms with Crippen LogP contribution in [-0.2, 0) is 6.54 Å². The molecule has 1 aliphatic heterocycles. The highest BCUT2D eigenvalue weighted by Crippen LogP contribution is 2.23. The number of hydrogen-bond acceptors (Lipinski definition) is 6. The molecule has 2 aromatic rings. The minimum atomic E-state index is 0.510. The van der Waals surface area contributed by atoms with Gasteiger partial charge in [-0.15, -0.1) is 21.5 Å². The van der Waals surface area contributed by atoms with Gasteiger partial charge in [-0.05, 0) is 18.4 Å². The van der Waals surface area contributed by atoms with E-state index in [0.717, 1.165) is 31.1 Å². The van der Waals surface area contributed by atoms with Crippen LogP contribution in [0.1, 0.15) is 12.8 Å². The molecule has 0 amide bonds. The largest absolute Gasteiger partial charge is 0.419 e. The topological polar surface area (TPSA) is 54.2 Å². The molecule has 0 aliphatic carbocycles. The molecule has 1 saturated heterocycles. The zero-order valence-corrected chi connectivity index (χ0v) is 11.1. The van der Waals surface area contributed by atoms with Crippen molar-refractivity contribution in [3.8, 4) is 10.8 Å².